The van der Waals surface area contributed by atoms with E-state index in [0.717, 1.165) is 12.2 Å². The van der Waals surface area contributed by atoms with Crippen LogP contribution in [0.2, 0.25) is 0 Å². The van der Waals surface area contributed by atoms with Crippen molar-refractivity contribution in [1.29, 1.82) is 0 Å². The van der Waals surface area contributed by atoms with Crippen LogP contribution in [0.3, 0.4) is 0 Å². The molecule has 1 unspecified atom stereocenters. The highest BCUT2D eigenvalue weighted by atomic mass is 32.1. The lowest BCUT2D eigenvalue weighted by Gasteiger charge is -2.21. The summed E-state index contributed by atoms with van der Waals surface area (Å²) >= 11 is 1.35. The van der Waals surface area contributed by atoms with Crippen LogP contribution in [0.25, 0.3) is 0 Å². The fraction of sp³-hybridized carbons (Fsp3) is 0.700. The summed E-state index contributed by atoms with van der Waals surface area (Å²) in [6, 6.07) is 0.539. The Labute approximate surface area is 99.0 Å². The SMILES string of the molecule is CC(C)N1CC(NCc2csnn2)CC1=O. The van der Waals surface area contributed by atoms with Gasteiger partial charge < -0.3 is 10.2 Å². The number of nitrogens with zero attached hydrogens (tertiary/aromatic N) is 3. The van der Waals surface area contributed by atoms with E-state index in [4.69, 9.17) is 0 Å². The summed E-state index contributed by atoms with van der Waals surface area (Å²) in [5.41, 5.74) is 0.945. The zero-order chi connectivity index (χ0) is 11.5. The van der Waals surface area contributed by atoms with E-state index in [1.165, 1.54) is 11.5 Å². The second kappa shape index (κ2) is 4.88. The quantitative estimate of drug-likeness (QED) is 0.839. The molecule has 1 N–H and O–H groups in total. The standard InChI is InChI=1S/C10H16N4OS/c1-7(2)14-5-8(3-10(14)15)11-4-9-6-16-13-12-9/h6-8,11H,3-5H2,1-2H3. The molecule has 1 saturated heterocycles. The molecule has 5 nitrogen and oxygen atoms in total. The summed E-state index contributed by atoms with van der Waals surface area (Å²) in [6.07, 6.45) is 0.593. The molecule has 0 radical (unpaired) electrons. The molecule has 16 heavy (non-hydrogen) atoms. The van der Waals surface area contributed by atoms with Crippen molar-refractivity contribution in [3.63, 3.8) is 0 Å². The topological polar surface area (TPSA) is 58.1 Å². The number of rotatable bonds is 4. The van der Waals surface area contributed by atoms with E-state index in [0.29, 0.717) is 19.0 Å². The van der Waals surface area contributed by atoms with Crippen molar-refractivity contribution in [3.05, 3.63) is 11.1 Å². The van der Waals surface area contributed by atoms with Gasteiger partial charge in [0.2, 0.25) is 5.91 Å². The third kappa shape index (κ3) is 2.56. The van der Waals surface area contributed by atoms with Crippen molar-refractivity contribution >= 4 is 17.4 Å². The molecule has 0 spiro atoms. The summed E-state index contributed by atoms with van der Waals surface area (Å²) in [7, 11) is 0. The van der Waals surface area contributed by atoms with Crippen molar-refractivity contribution < 1.29 is 4.79 Å². The maximum Gasteiger partial charge on any atom is 0.224 e. The highest BCUT2D eigenvalue weighted by Gasteiger charge is 2.30. The van der Waals surface area contributed by atoms with Gasteiger partial charge in [-0.15, -0.1) is 5.10 Å². The van der Waals surface area contributed by atoms with Crippen LogP contribution in [0.1, 0.15) is 26.0 Å². The Balaban J connectivity index is 1.82. The highest BCUT2D eigenvalue weighted by molar-refractivity contribution is 7.03. The molecule has 1 fully saturated rings. The third-order valence-electron chi connectivity index (χ3n) is 2.76. The zero-order valence-corrected chi connectivity index (χ0v) is 10.3. The molecule has 1 atom stereocenters. The molecule has 1 amide bonds. The number of hydrogen-bond donors (Lipinski definition) is 1. The fourth-order valence-corrected chi connectivity index (χ4v) is 2.33. The first-order valence-corrected chi connectivity index (χ1v) is 6.29. The lowest BCUT2D eigenvalue weighted by molar-refractivity contribution is -0.129. The Hall–Kier alpha value is -1.01. The Morgan fingerprint density at radius 2 is 2.50 bits per heavy atom. The van der Waals surface area contributed by atoms with E-state index in [2.05, 4.69) is 14.9 Å². The van der Waals surface area contributed by atoms with Gasteiger partial charge in [0.05, 0.1) is 5.69 Å². The number of carbonyl (C=O) groups excluding carboxylic acids is 1. The molecule has 0 aromatic carbocycles. The molecule has 0 aliphatic carbocycles. The van der Waals surface area contributed by atoms with Crippen molar-refractivity contribution in [1.82, 2.24) is 19.8 Å². The third-order valence-corrected chi connectivity index (χ3v) is 3.31. The van der Waals surface area contributed by atoms with E-state index in [-0.39, 0.29) is 11.9 Å². The molecular formula is C10H16N4OS. The number of hydrogen-bond acceptors (Lipinski definition) is 5. The number of carbonyl (C=O) groups is 1. The van der Waals surface area contributed by atoms with E-state index < -0.39 is 0 Å². The van der Waals surface area contributed by atoms with Crippen LogP contribution in [0, 0.1) is 0 Å². The van der Waals surface area contributed by atoms with Crippen LogP contribution >= 0.6 is 11.5 Å². The van der Waals surface area contributed by atoms with Crippen LogP contribution in [0.15, 0.2) is 5.38 Å². The van der Waals surface area contributed by atoms with Gasteiger partial charge in [-0.3, -0.25) is 4.79 Å². The normalized spacial score (nSPS) is 21.1. The van der Waals surface area contributed by atoms with Crippen LogP contribution in [0.4, 0.5) is 0 Å². The highest BCUT2D eigenvalue weighted by Crippen LogP contribution is 2.14. The molecule has 1 aromatic heterocycles. The average molecular weight is 240 g/mol. The smallest absolute Gasteiger partial charge is 0.224 e. The molecule has 0 saturated carbocycles. The second-order valence-corrected chi connectivity index (χ2v) is 4.93. The van der Waals surface area contributed by atoms with E-state index >= 15 is 0 Å². The van der Waals surface area contributed by atoms with Gasteiger partial charge in [0.25, 0.3) is 0 Å². The minimum atomic E-state index is 0.240. The molecule has 1 aliphatic heterocycles. The summed E-state index contributed by atoms with van der Waals surface area (Å²) < 4.78 is 3.80. The van der Waals surface area contributed by atoms with Crippen LogP contribution in [-0.2, 0) is 11.3 Å². The largest absolute Gasteiger partial charge is 0.339 e. The minimum Gasteiger partial charge on any atom is -0.339 e. The fourth-order valence-electron chi connectivity index (χ4n) is 1.88. The van der Waals surface area contributed by atoms with Crippen LogP contribution < -0.4 is 5.32 Å². The first kappa shape index (κ1) is 11.5. The first-order chi connectivity index (χ1) is 7.66. The molecule has 88 valence electrons. The maximum absolute atomic E-state index is 11.6. The van der Waals surface area contributed by atoms with Gasteiger partial charge in [0.15, 0.2) is 0 Å². The average Bonchev–Trinajstić information content (AvgIpc) is 2.83. The van der Waals surface area contributed by atoms with Gasteiger partial charge >= 0.3 is 0 Å². The van der Waals surface area contributed by atoms with Gasteiger partial charge in [-0.1, -0.05) is 4.49 Å². The van der Waals surface area contributed by atoms with Crippen molar-refractivity contribution in [3.8, 4) is 0 Å². The van der Waals surface area contributed by atoms with Crippen molar-refractivity contribution in [2.24, 2.45) is 0 Å². The summed E-state index contributed by atoms with van der Waals surface area (Å²) in [6.45, 7) is 5.59. The Bertz CT molecular complexity index is 352. The summed E-state index contributed by atoms with van der Waals surface area (Å²) in [5.74, 6) is 0.240. The van der Waals surface area contributed by atoms with Crippen LogP contribution in [-0.4, -0.2) is 39.0 Å². The van der Waals surface area contributed by atoms with Gasteiger partial charge in [0.1, 0.15) is 0 Å². The number of aromatic nitrogens is 2. The van der Waals surface area contributed by atoms with Crippen molar-refractivity contribution in [2.45, 2.75) is 38.9 Å². The maximum atomic E-state index is 11.6. The summed E-state index contributed by atoms with van der Waals surface area (Å²) in [4.78, 5) is 13.6. The molecule has 2 rings (SSSR count). The molecular weight excluding hydrogens is 224 g/mol. The van der Waals surface area contributed by atoms with Gasteiger partial charge in [-0.2, -0.15) is 0 Å². The Kier molecular flexibility index (Phi) is 3.50. The first-order valence-electron chi connectivity index (χ1n) is 5.45. The van der Waals surface area contributed by atoms with Gasteiger partial charge in [-0.05, 0) is 25.4 Å². The van der Waals surface area contributed by atoms with E-state index in [1.54, 1.807) is 0 Å². The van der Waals surface area contributed by atoms with Crippen molar-refractivity contribution in [2.75, 3.05) is 6.54 Å². The van der Waals surface area contributed by atoms with Crippen LogP contribution in [0.5, 0.6) is 0 Å². The predicted octanol–water partition coefficient (Wildman–Crippen LogP) is 0.637. The zero-order valence-electron chi connectivity index (χ0n) is 9.51. The molecule has 2 heterocycles. The lowest BCUT2D eigenvalue weighted by Crippen LogP contribution is -2.36. The molecule has 1 aliphatic rings. The number of amides is 1. The minimum absolute atomic E-state index is 0.240. The van der Waals surface area contributed by atoms with E-state index in [1.807, 2.05) is 24.1 Å². The summed E-state index contributed by atoms with van der Waals surface area (Å²) in [5, 5.41) is 9.22. The second-order valence-electron chi connectivity index (χ2n) is 4.32. The molecule has 1 aromatic rings. The Morgan fingerprint density at radius 1 is 1.69 bits per heavy atom. The Morgan fingerprint density at radius 3 is 3.06 bits per heavy atom. The predicted molar refractivity (Wildman–Crippen MR) is 62.0 cm³/mol. The number of likely N-dealkylation sites (tertiary alicyclic amines) is 1. The van der Waals surface area contributed by atoms with E-state index in [9.17, 15) is 4.79 Å². The monoisotopic (exact) mass is 240 g/mol. The van der Waals surface area contributed by atoms with Gasteiger partial charge in [0, 0.05) is 37.0 Å². The van der Waals surface area contributed by atoms with Gasteiger partial charge in [-0.25, -0.2) is 0 Å². The lowest BCUT2D eigenvalue weighted by atomic mass is 10.2. The molecule has 0 bridgehead atoms. The number of nitrogens with one attached hydrogen (secondary N) is 1. The molecule has 6 heteroatoms.